The Bertz CT molecular complexity index is 557. The fraction of sp³-hybridized carbons (Fsp3) is 0.850. The number of nitrogens with one attached hydrogen (secondary N) is 2. The highest BCUT2D eigenvalue weighted by Gasteiger charge is 2.36. The summed E-state index contributed by atoms with van der Waals surface area (Å²) in [6.45, 7) is 10.8. The lowest BCUT2D eigenvalue weighted by atomic mass is 9.79. The average molecular weight is 383 g/mol. The maximum atomic E-state index is 12.3. The third-order valence-corrected chi connectivity index (χ3v) is 5.62. The second kappa shape index (κ2) is 8.93. The van der Waals surface area contributed by atoms with Crippen LogP contribution in [0, 0.1) is 23.7 Å². The van der Waals surface area contributed by atoms with E-state index < -0.39 is 11.7 Å². The number of carbonyl (C=O) groups is 3. The van der Waals surface area contributed by atoms with E-state index in [0.717, 1.165) is 12.8 Å². The van der Waals surface area contributed by atoms with Crippen LogP contribution >= 0.6 is 0 Å². The van der Waals surface area contributed by atoms with E-state index in [1.807, 2.05) is 20.8 Å². The Kier molecular flexibility index (Phi) is 7.12. The number of esters is 1. The molecule has 0 bridgehead atoms. The lowest BCUT2D eigenvalue weighted by Crippen LogP contribution is -2.42. The molecule has 5 unspecified atom stereocenters. The molecule has 0 saturated carbocycles. The smallest absolute Gasteiger partial charge is 0.407 e. The van der Waals surface area contributed by atoms with Gasteiger partial charge in [-0.2, -0.15) is 0 Å². The normalized spacial score (nSPS) is 26.1. The van der Waals surface area contributed by atoms with E-state index in [4.69, 9.17) is 9.47 Å². The predicted molar refractivity (Wildman–Crippen MR) is 101 cm³/mol. The van der Waals surface area contributed by atoms with Crippen LogP contribution in [0.15, 0.2) is 0 Å². The second-order valence-electron chi connectivity index (χ2n) is 8.99. The third kappa shape index (κ3) is 6.40. The van der Waals surface area contributed by atoms with E-state index in [1.54, 1.807) is 0 Å². The van der Waals surface area contributed by atoms with Crippen LogP contribution in [0.4, 0.5) is 4.79 Å². The van der Waals surface area contributed by atoms with Crippen molar-refractivity contribution in [3.8, 4) is 0 Å². The van der Waals surface area contributed by atoms with Crippen molar-refractivity contribution in [3.05, 3.63) is 0 Å². The van der Waals surface area contributed by atoms with E-state index in [-0.39, 0.29) is 41.6 Å². The summed E-state index contributed by atoms with van der Waals surface area (Å²) in [4.78, 5) is 36.2. The maximum absolute atomic E-state index is 12.3. The van der Waals surface area contributed by atoms with Crippen molar-refractivity contribution in [3.63, 3.8) is 0 Å². The molecule has 5 atom stereocenters. The number of ether oxygens (including phenoxy) is 2. The summed E-state index contributed by atoms with van der Waals surface area (Å²) in [5.41, 5.74) is -0.578. The van der Waals surface area contributed by atoms with E-state index in [2.05, 4.69) is 24.5 Å². The van der Waals surface area contributed by atoms with Crippen LogP contribution < -0.4 is 10.6 Å². The molecule has 2 saturated heterocycles. The van der Waals surface area contributed by atoms with Gasteiger partial charge in [-0.25, -0.2) is 4.79 Å². The second-order valence-corrected chi connectivity index (χ2v) is 8.99. The quantitative estimate of drug-likeness (QED) is 0.660. The van der Waals surface area contributed by atoms with E-state index >= 15 is 0 Å². The molecule has 2 amide bonds. The molecule has 7 nitrogen and oxygen atoms in total. The molecule has 0 aromatic rings. The standard InChI is InChI=1S/C20H34N2O5/c1-12(13(2)16-7-9-26-18(16)24)10-15(11-14-6-8-21-17(14)23)22-19(25)27-20(3,4)5/h12-16H,6-11H2,1-5H3,(H,21,23)(H,22,25). The van der Waals surface area contributed by atoms with Crippen LogP contribution in [0.3, 0.4) is 0 Å². The lowest BCUT2D eigenvalue weighted by Gasteiger charge is -2.30. The first-order valence-corrected chi connectivity index (χ1v) is 10.0. The highest BCUT2D eigenvalue weighted by Crippen LogP contribution is 2.32. The van der Waals surface area contributed by atoms with E-state index in [9.17, 15) is 14.4 Å². The fourth-order valence-electron chi connectivity index (χ4n) is 3.95. The zero-order valence-electron chi connectivity index (χ0n) is 17.2. The number of rotatable bonds is 7. The minimum absolute atomic E-state index is 0.0473. The molecule has 0 aromatic carbocycles. The molecule has 0 aromatic heterocycles. The van der Waals surface area contributed by atoms with Crippen molar-refractivity contribution in [2.45, 2.75) is 71.9 Å². The topological polar surface area (TPSA) is 93.7 Å². The van der Waals surface area contributed by atoms with Crippen molar-refractivity contribution < 1.29 is 23.9 Å². The van der Waals surface area contributed by atoms with Crippen molar-refractivity contribution in [2.24, 2.45) is 23.7 Å². The molecule has 2 fully saturated rings. The average Bonchev–Trinajstić information content (AvgIpc) is 3.13. The van der Waals surface area contributed by atoms with Gasteiger partial charge in [0.25, 0.3) is 0 Å². The van der Waals surface area contributed by atoms with Crippen LogP contribution in [0.5, 0.6) is 0 Å². The summed E-state index contributed by atoms with van der Waals surface area (Å²) in [6.07, 6.45) is 2.33. The van der Waals surface area contributed by atoms with Crippen LogP contribution in [0.1, 0.15) is 60.3 Å². The van der Waals surface area contributed by atoms with Gasteiger partial charge < -0.3 is 20.1 Å². The van der Waals surface area contributed by atoms with Crippen LogP contribution in [-0.2, 0) is 19.1 Å². The van der Waals surface area contributed by atoms with Crippen molar-refractivity contribution in [2.75, 3.05) is 13.2 Å². The monoisotopic (exact) mass is 382 g/mol. The fourth-order valence-corrected chi connectivity index (χ4v) is 3.95. The van der Waals surface area contributed by atoms with Gasteiger partial charge in [0.05, 0.1) is 12.5 Å². The van der Waals surface area contributed by atoms with Gasteiger partial charge in [0, 0.05) is 18.5 Å². The Hall–Kier alpha value is -1.79. The van der Waals surface area contributed by atoms with Gasteiger partial charge in [-0.3, -0.25) is 9.59 Å². The van der Waals surface area contributed by atoms with E-state index in [1.165, 1.54) is 0 Å². The van der Waals surface area contributed by atoms with Gasteiger partial charge in [-0.15, -0.1) is 0 Å². The molecular formula is C20H34N2O5. The van der Waals surface area contributed by atoms with Gasteiger partial charge in [0.15, 0.2) is 0 Å². The number of cyclic esters (lactones) is 1. The van der Waals surface area contributed by atoms with Gasteiger partial charge in [-0.05, 0) is 58.3 Å². The molecule has 2 aliphatic heterocycles. The molecule has 0 radical (unpaired) electrons. The summed E-state index contributed by atoms with van der Waals surface area (Å²) < 4.78 is 10.5. The predicted octanol–water partition coefficient (Wildman–Crippen LogP) is 2.63. The van der Waals surface area contributed by atoms with Crippen molar-refractivity contribution in [1.82, 2.24) is 10.6 Å². The molecule has 2 heterocycles. The highest BCUT2D eigenvalue weighted by atomic mass is 16.6. The maximum Gasteiger partial charge on any atom is 0.407 e. The Morgan fingerprint density at radius 2 is 2.00 bits per heavy atom. The number of hydrogen-bond acceptors (Lipinski definition) is 5. The van der Waals surface area contributed by atoms with Crippen LogP contribution in [-0.4, -0.2) is 42.8 Å². The lowest BCUT2D eigenvalue weighted by molar-refractivity contribution is -0.143. The third-order valence-electron chi connectivity index (χ3n) is 5.62. The molecule has 27 heavy (non-hydrogen) atoms. The van der Waals surface area contributed by atoms with E-state index in [0.29, 0.717) is 26.0 Å². The number of hydrogen-bond donors (Lipinski definition) is 2. The van der Waals surface area contributed by atoms with Gasteiger partial charge in [0.2, 0.25) is 5.91 Å². The molecule has 2 rings (SSSR count). The number of alkyl carbamates (subject to hydrolysis) is 1. The molecule has 0 aliphatic carbocycles. The SMILES string of the molecule is CC(CC(CC1CCNC1=O)NC(=O)OC(C)(C)C)C(C)C1CCOC1=O. The largest absolute Gasteiger partial charge is 0.465 e. The summed E-state index contributed by atoms with van der Waals surface area (Å²) in [5.74, 6) is 0.0958. The van der Waals surface area contributed by atoms with Gasteiger partial charge in [-0.1, -0.05) is 13.8 Å². The zero-order valence-corrected chi connectivity index (χ0v) is 17.2. The first kappa shape index (κ1) is 21.5. The highest BCUT2D eigenvalue weighted by molar-refractivity contribution is 5.80. The van der Waals surface area contributed by atoms with Crippen LogP contribution in [0.25, 0.3) is 0 Å². The molecular weight excluding hydrogens is 348 g/mol. The van der Waals surface area contributed by atoms with Crippen molar-refractivity contribution in [1.29, 1.82) is 0 Å². The Morgan fingerprint density at radius 1 is 1.30 bits per heavy atom. The van der Waals surface area contributed by atoms with Gasteiger partial charge in [0.1, 0.15) is 5.60 Å². The van der Waals surface area contributed by atoms with Crippen LogP contribution in [0.2, 0.25) is 0 Å². The molecule has 7 heteroatoms. The zero-order chi connectivity index (χ0) is 20.2. The number of amides is 2. The molecule has 2 N–H and O–H groups in total. The number of carbonyl (C=O) groups excluding carboxylic acids is 3. The minimum atomic E-state index is -0.578. The first-order valence-electron chi connectivity index (χ1n) is 10.0. The summed E-state index contributed by atoms with van der Waals surface area (Å²) in [5, 5.41) is 5.80. The molecule has 0 spiro atoms. The molecule has 2 aliphatic rings. The summed E-state index contributed by atoms with van der Waals surface area (Å²) in [7, 11) is 0. The summed E-state index contributed by atoms with van der Waals surface area (Å²) >= 11 is 0. The summed E-state index contributed by atoms with van der Waals surface area (Å²) in [6, 6.07) is -0.177. The first-order chi connectivity index (χ1) is 12.6. The minimum Gasteiger partial charge on any atom is -0.465 e. The molecule has 154 valence electrons. The Labute approximate surface area is 161 Å². The Balaban J connectivity index is 2.00. The Morgan fingerprint density at radius 3 is 2.52 bits per heavy atom. The van der Waals surface area contributed by atoms with Crippen molar-refractivity contribution >= 4 is 18.0 Å². The van der Waals surface area contributed by atoms with Gasteiger partial charge >= 0.3 is 12.1 Å².